The number of nitrogens with zero attached hydrogens (tertiary/aromatic N) is 1. The van der Waals surface area contributed by atoms with Gasteiger partial charge in [0, 0.05) is 6.20 Å². The Morgan fingerprint density at radius 2 is 2.33 bits per heavy atom. The Hall–Kier alpha value is -2.30. The maximum Gasteiger partial charge on any atom is 0.257 e. The van der Waals surface area contributed by atoms with Crippen LogP contribution in [0.2, 0.25) is 0 Å². The lowest BCUT2D eigenvalue weighted by atomic mass is 10.2. The minimum Gasteiger partial charge on any atom is -0.477 e. The molecule has 18 heavy (non-hydrogen) atoms. The van der Waals surface area contributed by atoms with Crippen molar-refractivity contribution >= 4 is 5.91 Å². The van der Waals surface area contributed by atoms with Crippen molar-refractivity contribution in [3.8, 4) is 5.88 Å². The van der Waals surface area contributed by atoms with Crippen molar-refractivity contribution in [3.63, 3.8) is 0 Å². The first-order chi connectivity index (χ1) is 8.81. The standard InChI is InChI=1S/C13H14N2O3/c1-2-17-13-11(6-3-7-14-13)12(16)15-9-10-5-4-8-18-10/h3-8H,2,9H2,1H3,(H,15,16). The highest BCUT2D eigenvalue weighted by atomic mass is 16.5. The molecule has 5 heteroatoms. The molecule has 94 valence electrons. The molecular weight excluding hydrogens is 232 g/mol. The Kier molecular flexibility index (Phi) is 3.96. The Morgan fingerprint density at radius 1 is 1.44 bits per heavy atom. The third kappa shape index (κ3) is 2.88. The van der Waals surface area contributed by atoms with E-state index in [1.165, 1.54) is 0 Å². The van der Waals surface area contributed by atoms with Crippen molar-refractivity contribution in [1.82, 2.24) is 10.3 Å². The van der Waals surface area contributed by atoms with Crippen molar-refractivity contribution in [2.45, 2.75) is 13.5 Å². The van der Waals surface area contributed by atoms with Crippen LogP contribution in [0.1, 0.15) is 23.0 Å². The molecule has 0 saturated carbocycles. The van der Waals surface area contributed by atoms with Gasteiger partial charge < -0.3 is 14.5 Å². The molecule has 0 radical (unpaired) electrons. The van der Waals surface area contributed by atoms with Crippen LogP contribution in [0.3, 0.4) is 0 Å². The van der Waals surface area contributed by atoms with Gasteiger partial charge in [-0.25, -0.2) is 4.98 Å². The molecule has 1 N–H and O–H groups in total. The molecule has 2 aromatic rings. The summed E-state index contributed by atoms with van der Waals surface area (Å²) < 4.78 is 10.4. The van der Waals surface area contributed by atoms with Gasteiger partial charge in [-0.15, -0.1) is 0 Å². The Balaban J connectivity index is 2.04. The minimum atomic E-state index is -0.233. The lowest BCUT2D eigenvalue weighted by molar-refractivity contribution is 0.0943. The third-order valence-corrected chi connectivity index (χ3v) is 2.30. The van der Waals surface area contributed by atoms with E-state index in [1.807, 2.05) is 6.92 Å². The van der Waals surface area contributed by atoms with E-state index in [0.717, 1.165) is 0 Å². The van der Waals surface area contributed by atoms with Gasteiger partial charge in [-0.05, 0) is 31.2 Å². The molecule has 2 aromatic heterocycles. The highest BCUT2D eigenvalue weighted by Crippen LogP contribution is 2.14. The van der Waals surface area contributed by atoms with Crippen LogP contribution in [0, 0.1) is 0 Å². The monoisotopic (exact) mass is 246 g/mol. The lowest BCUT2D eigenvalue weighted by Gasteiger charge is -2.08. The van der Waals surface area contributed by atoms with Crippen LogP contribution in [0.25, 0.3) is 0 Å². The van der Waals surface area contributed by atoms with Crippen LogP contribution in [-0.2, 0) is 6.54 Å². The predicted molar refractivity (Wildman–Crippen MR) is 65.3 cm³/mol. The van der Waals surface area contributed by atoms with Gasteiger partial charge in [0.05, 0.1) is 19.4 Å². The molecule has 0 atom stereocenters. The van der Waals surface area contributed by atoms with Gasteiger partial charge >= 0.3 is 0 Å². The predicted octanol–water partition coefficient (Wildman–Crippen LogP) is 2.00. The van der Waals surface area contributed by atoms with Crippen LogP contribution < -0.4 is 10.1 Å². The number of hydrogen-bond donors (Lipinski definition) is 1. The van der Waals surface area contributed by atoms with Crippen molar-refractivity contribution in [3.05, 3.63) is 48.0 Å². The first-order valence-electron chi connectivity index (χ1n) is 5.69. The van der Waals surface area contributed by atoms with Gasteiger partial charge in [0.15, 0.2) is 0 Å². The summed E-state index contributed by atoms with van der Waals surface area (Å²) in [7, 11) is 0. The molecule has 0 aliphatic rings. The van der Waals surface area contributed by atoms with Gasteiger partial charge in [0.1, 0.15) is 11.3 Å². The van der Waals surface area contributed by atoms with Crippen molar-refractivity contribution in [2.24, 2.45) is 0 Å². The number of carbonyl (C=O) groups is 1. The number of ether oxygens (including phenoxy) is 1. The zero-order valence-corrected chi connectivity index (χ0v) is 10.1. The highest BCUT2D eigenvalue weighted by Gasteiger charge is 2.13. The van der Waals surface area contributed by atoms with E-state index in [9.17, 15) is 4.79 Å². The molecule has 0 saturated heterocycles. The normalized spacial score (nSPS) is 10.1. The van der Waals surface area contributed by atoms with E-state index in [4.69, 9.17) is 9.15 Å². The van der Waals surface area contributed by atoms with E-state index in [2.05, 4.69) is 10.3 Å². The maximum absolute atomic E-state index is 12.0. The van der Waals surface area contributed by atoms with Gasteiger partial charge in [0.2, 0.25) is 5.88 Å². The molecule has 0 bridgehead atoms. The number of nitrogens with one attached hydrogen (secondary N) is 1. The lowest BCUT2D eigenvalue weighted by Crippen LogP contribution is -2.23. The number of pyridine rings is 1. The SMILES string of the molecule is CCOc1ncccc1C(=O)NCc1ccco1. The molecule has 0 fully saturated rings. The Morgan fingerprint density at radius 3 is 3.06 bits per heavy atom. The van der Waals surface area contributed by atoms with E-state index >= 15 is 0 Å². The second-order valence-corrected chi connectivity index (χ2v) is 3.55. The van der Waals surface area contributed by atoms with Crippen LogP contribution in [0.5, 0.6) is 5.88 Å². The fraction of sp³-hybridized carbons (Fsp3) is 0.231. The fourth-order valence-electron chi connectivity index (χ4n) is 1.49. The topological polar surface area (TPSA) is 64.4 Å². The van der Waals surface area contributed by atoms with Crippen molar-refractivity contribution in [2.75, 3.05) is 6.61 Å². The molecular formula is C13H14N2O3. The average molecular weight is 246 g/mol. The second kappa shape index (κ2) is 5.86. The summed E-state index contributed by atoms with van der Waals surface area (Å²) in [5.41, 5.74) is 0.422. The maximum atomic E-state index is 12.0. The summed E-state index contributed by atoms with van der Waals surface area (Å²) in [6.45, 7) is 2.65. The molecule has 5 nitrogen and oxygen atoms in total. The number of amides is 1. The average Bonchev–Trinajstić information content (AvgIpc) is 2.90. The van der Waals surface area contributed by atoms with Gasteiger partial charge in [-0.1, -0.05) is 0 Å². The van der Waals surface area contributed by atoms with E-state index in [1.54, 1.807) is 36.7 Å². The summed E-state index contributed by atoms with van der Waals surface area (Å²) >= 11 is 0. The quantitative estimate of drug-likeness (QED) is 0.876. The van der Waals surface area contributed by atoms with E-state index in [-0.39, 0.29) is 5.91 Å². The van der Waals surface area contributed by atoms with Gasteiger partial charge in [-0.2, -0.15) is 0 Å². The fourth-order valence-corrected chi connectivity index (χ4v) is 1.49. The molecule has 0 spiro atoms. The molecule has 2 rings (SSSR count). The molecule has 1 amide bonds. The van der Waals surface area contributed by atoms with E-state index < -0.39 is 0 Å². The Bertz CT molecular complexity index is 509. The zero-order valence-electron chi connectivity index (χ0n) is 10.1. The summed E-state index contributed by atoms with van der Waals surface area (Å²) in [4.78, 5) is 16.0. The van der Waals surface area contributed by atoms with Gasteiger partial charge in [0.25, 0.3) is 5.91 Å². The summed E-state index contributed by atoms with van der Waals surface area (Å²) in [5, 5.41) is 2.75. The second-order valence-electron chi connectivity index (χ2n) is 3.55. The number of carbonyl (C=O) groups excluding carboxylic acids is 1. The summed E-state index contributed by atoms with van der Waals surface area (Å²) in [6, 6.07) is 6.95. The number of rotatable bonds is 5. The smallest absolute Gasteiger partial charge is 0.257 e. The number of hydrogen-bond acceptors (Lipinski definition) is 4. The van der Waals surface area contributed by atoms with Gasteiger partial charge in [-0.3, -0.25) is 4.79 Å². The van der Waals surface area contributed by atoms with Crippen LogP contribution in [-0.4, -0.2) is 17.5 Å². The summed E-state index contributed by atoms with van der Waals surface area (Å²) in [6.07, 6.45) is 3.16. The zero-order chi connectivity index (χ0) is 12.8. The third-order valence-electron chi connectivity index (χ3n) is 2.30. The Labute approximate surface area is 105 Å². The number of furan rings is 1. The van der Waals surface area contributed by atoms with Crippen LogP contribution >= 0.6 is 0 Å². The highest BCUT2D eigenvalue weighted by molar-refractivity contribution is 5.96. The van der Waals surface area contributed by atoms with Crippen molar-refractivity contribution < 1.29 is 13.9 Å². The molecule has 0 aliphatic heterocycles. The molecule has 2 heterocycles. The first kappa shape index (κ1) is 12.2. The van der Waals surface area contributed by atoms with Crippen molar-refractivity contribution in [1.29, 1.82) is 0 Å². The molecule has 0 aromatic carbocycles. The van der Waals surface area contributed by atoms with E-state index in [0.29, 0.717) is 30.4 Å². The largest absolute Gasteiger partial charge is 0.477 e. The molecule has 0 aliphatic carbocycles. The molecule has 0 unspecified atom stereocenters. The minimum absolute atomic E-state index is 0.233. The summed E-state index contributed by atoms with van der Waals surface area (Å²) in [5.74, 6) is 0.810. The number of aromatic nitrogens is 1. The van der Waals surface area contributed by atoms with Crippen LogP contribution in [0.15, 0.2) is 41.1 Å². The van der Waals surface area contributed by atoms with Crippen LogP contribution in [0.4, 0.5) is 0 Å². The first-order valence-corrected chi connectivity index (χ1v) is 5.69.